The lowest BCUT2D eigenvalue weighted by molar-refractivity contribution is -0.143. The summed E-state index contributed by atoms with van der Waals surface area (Å²) >= 11 is 0. The van der Waals surface area contributed by atoms with Gasteiger partial charge in [0.25, 0.3) is 0 Å². The molecule has 0 saturated carbocycles. The Morgan fingerprint density at radius 3 is 1.06 bits per heavy atom. The summed E-state index contributed by atoms with van der Waals surface area (Å²) in [6.45, 7) is 4.97. The molecule has 0 saturated heterocycles. The minimum absolute atomic E-state index is 0.0105. The average molecular weight is 1010 g/mol. The Morgan fingerprint density at radius 1 is 0.389 bits per heavy atom. The van der Waals surface area contributed by atoms with Crippen LogP contribution >= 0.6 is 0 Å². The minimum atomic E-state index is -0.671. The van der Waals surface area contributed by atoms with E-state index in [1.54, 1.807) is 0 Å². The van der Waals surface area contributed by atoms with Crippen LogP contribution in [-0.4, -0.2) is 47.4 Å². The molecular formula is C66H127NO5. The number of carbonyl (C=O) groups excluding carboxylic acids is 2. The van der Waals surface area contributed by atoms with Crippen LogP contribution < -0.4 is 5.32 Å². The van der Waals surface area contributed by atoms with Crippen LogP contribution in [0.25, 0.3) is 0 Å². The van der Waals surface area contributed by atoms with E-state index in [0.29, 0.717) is 25.9 Å². The Kier molecular flexibility index (Phi) is 60.5. The van der Waals surface area contributed by atoms with E-state index in [1.807, 2.05) is 0 Å². The van der Waals surface area contributed by atoms with Crippen molar-refractivity contribution < 1.29 is 24.5 Å². The van der Waals surface area contributed by atoms with Crippen molar-refractivity contribution in [3.63, 3.8) is 0 Å². The Labute approximate surface area is 450 Å². The summed E-state index contributed by atoms with van der Waals surface area (Å²) in [4.78, 5) is 24.6. The van der Waals surface area contributed by atoms with Gasteiger partial charge in [-0.2, -0.15) is 0 Å². The van der Waals surface area contributed by atoms with Gasteiger partial charge in [-0.3, -0.25) is 9.59 Å². The number of nitrogens with one attached hydrogen (secondary N) is 1. The highest BCUT2D eigenvalue weighted by molar-refractivity contribution is 5.76. The molecule has 6 nitrogen and oxygen atoms in total. The number of aliphatic hydroxyl groups is 2. The van der Waals surface area contributed by atoms with Crippen LogP contribution in [0, 0.1) is 0 Å². The van der Waals surface area contributed by atoms with Crippen LogP contribution in [-0.2, 0) is 14.3 Å². The highest BCUT2D eigenvalue weighted by atomic mass is 16.5. The number of esters is 1. The second-order valence-electron chi connectivity index (χ2n) is 22.5. The fourth-order valence-corrected chi connectivity index (χ4v) is 10.3. The SMILES string of the molecule is CCCCCCCCCCCCCCCCCCCC(O)C(CO)NC(=O)CCCCCCCCC/C=C\C/C=C\CCCCCCCCCCCOC(=O)CCCCCCCCCCCCCCCCC. The number of hydrogen-bond donors (Lipinski definition) is 3. The average Bonchev–Trinajstić information content (AvgIpc) is 3.38. The second kappa shape index (κ2) is 61.9. The molecule has 0 bridgehead atoms. The van der Waals surface area contributed by atoms with Crippen molar-refractivity contribution in [3.8, 4) is 0 Å². The van der Waals surface area contributed by atoms with Crippen molar-refractivity contribution in [2.45, 2.75) is 373 Å². The van der Waals surface area contributed by atoms with Crippen molar-refractivity contribution >= 4 is 11.9 Å². The van der Waals surface area contributed by atoms with Gasteiger partial charge in [-0.15, -0.1) is 0 Å². The number of unbranched alkanes of at least 4 members (excludes halogenated alkanes) is 46. The molecule has 0 rings (SSSR count). The lowest BCUT2D eigenvalue weighted by Gasteiger charge is -2.22. The molecule has 0 aromatic heterocycles. The van der Waals surface area contributed by atoms with Crippen LogP contribution in [0.2, 0.25) is 0 Å². The van der Waals surface area contributed by atoms with Crippen LogP contribution in [0.3, 0.4) is 0 Å². The van der Waals surface area contributed by atoms with Gasteiger partial charge in [0.15, 0.2) is 0 Å². The second-order valence-corrected chi connectivity index (χ2v) is 22.5. The van der Waals surface area contributed by atoms with Crippen molar-refractivity contribution in [1.29, 1.82) is 0 Å². The van der Waals surface area contributed by atoms with Crippen LogP contribution in [0.15, 0.2) is 24.3 Å². The molecule has 1 amide bonds. The first kappa shape index (κ1) is 70.3. The summed E-state index contributed by atoms with van der Waals surface area (Å²) < 4.78 is 5.49. The van der Waals surface area contributed by atoms with Crippen molar-refractivity contribution in [1.82, 2.24) is 5.32 Å². The molecule has 2 unspecified atom stereocenters. The first-order chi connectivity index (χ1) is 35.5. The number of carbonyl (C=O) groups is 2. The fraction of sp³-hybridized carbons (Fsp3) is 0.909. The smallest absolute Gasteiger partial charge is 0.305 e. The van der Waals surface area contributed by atoms with Gasteiger partial charge >= 0.3 is 5.97 Å². The summed E-state index contributed by atoms with van der Waals surface area (Å²) in [6, 6.07) is -0.549. The van der Waals surface area contributed by atoms with E-state index < -0.39 is 12.1 Å². The summed E-state index contributed by atoms with van der Waals surface area (Å²) in [5.41, 5.74) is 0. The van der Waals surface area contributed by atoms with Gasteiger partial charge in [-0.25, -0.2) is 0 Å². The number of hydrogen-bond acceptors (Lipinski definition) is 5. The molecule has 3 N–H and O–H groups in total. The van der Waals surface area contributed by atoms with Crippen molar-refractivity contribution in [2.24, 2.45) is 0 Å². The lowest BCUT2D eigenvalue weighted by atomic mass is 10.0. The predicted molar refractivity (Wildman–Crippen MR) is 315 cm³/mol. The summed E-state index contributed by atoms with van der Waals surface area (Å²) in [7, 11) is 0. The van der Waals surface area contributed by atoms with Crippen molar-refractivity contribution in [3.05, 3.63) is 24.3 Å². The molecular weight excluding hydrogens is 887 g/mol. The van der Waals surface area contributed by atoms with Gasteiger partial charge < -0.3 is 20.3 Å². The molecule has 2 atom stereocenters. The summed E-state index contributed by atoms with van der Waals surface area (Å²) in [5, 5.41) is 23.3. The van der Waals surface area contributed by atoms with Crippen LogP contribution in [0.1, 0.15) is 361 Å². The maximum Gasteiger partial charge on any atom is 0.305 e. The first-order valence-electron chi connectivity index (χ1n) is 32.6. The standard InChI is InChI=1S/C66H127NO5/c1-3-5-7-9-11-13-15-17-19-27-31-34-38-42-46-50-54-58-64(69)63(62-68)67-65(70)59-55-51-47-43-39-35-32-28-25-23-21-20-22-24-26-29-33-37-41-45-49-53-57-61-72-66(71)60-56-52-48-44-40-36-30-18-16-14-12-10-8-6-4-2/h20,22-23,25,63-64,68-69H,3-19,21,24,26-62H2,1-2H3,(H,67,70)/b22-20-,25-23-. The molecule has 0 aromatic rings. The molecule has 0 fully saturated rings. The van der Waals surface area contributed by atoms with Gasteiger partial charge in [0, 0.05) is 12.8 Å². The maximum absolute atomic E-state index is 12.5. The number of rotatable bonds is 61. The van der Waals surface area contributed by atoms with Gasteiger partial charge in [0.05, 0.1) is 25.4 Å². The molecule has 0 spiro atoms. The zero-order chi connectivity index (χ0) is 52.2. The largest absolute Gasteiger partial charge is 0.466 e. The first-order valence-corrected chi connectivity index (χ1v) is 32.6. The van der Waals surface area contributed by atoms with Gasteiger partial charge in [0.1, 0.15) is 0 Å². The Balaban J connectivity index is 3.43. The number of ether oxygens (including phenoxy) is 1. The highest BCUT2D eigenvalue weighted by Crippen LogP contribution is 2.18. The molecule has 0 aliphatic heterocycles. The van der Waals surface area contributed by atoms with Crippen molar-refractivity contribution in [2.75, 3.05) is 13.2 Å². The number of allylic oxidation sites excluding steroid dienone is 4. The topological polar surface area (TPSA) is 95.9 Å². The Morgan fingerprint density at radius 2 is 0.694 bits per heavy atom. The predicted octanol–water partition coefficient (Wildman–Crippen LogP) is 20.6. The molecule has 0 aliphatic carbocycles. The quantitative estimate of drug-likeness (QED) is 0.0320. The molecule has 6 heteroatoms. The van der Waals surface area contributed by atoms with E-state index in [1.165, 1.54) is 283 Å². The van der Waals surface area contributed by atoms with Gasteiger partial charge in [-0.05, 0) is 57.8 Å². The van der Waals surface area contributed by atoms with E-state index in [0.717, 1.165) is 44.9 Å². The van der Waals surface area contributed by atoms with Gasteiger partial charge in [0.2, 0.25) is 5.91 Å². The van der Waals surface area contributed by atoms with E-state index in [9.17, 15) is 19.8 Å². The molecule has 72 heavy (non-hydrogen) atoms. The lowest BCUT2D eigenvalue weighted by Crippen LogP contribution is -2.45. The fourth-order valence-electron chi connectivity index (χ4n) is 10.3. The maximum atomic E-state index is 12.5. The molecule has 0 radical (unpaired) electrons. The van der Waals surface area contributed by atoms with E-state index in [4.69, 9.17) is 4.74 Å². The third kappa shape index (κ3) is 57.6. The Hall–Kier alpha value is -1.66. The molecule has 426 valence electrons. The van der Waals surface area contributed by atoms with Gasteiger partial charge in [-0.1, -0.05) is 314 Å². The molecule has 0 aliphatic rings. The summed E-state index contributed by atoms with van der Waals surface area (Å²) in [5.74, 6) is -0.0321. The normalized spacial score (nSPS) is 12.7. The molecule has 0 heterocycles. The minimum Gasteiger partial charge on any atom is -0.466 e. The number of aliphatic hydroxyl groups excluding tert-OH is 2. The number of amides is 1. The van der Waals surface area contributed by atoms with E-state index >= 15 is 0 Å². The van der Waals surface area contributed by atoms with Crippen LogP contribution in [0.4, 0.5) is 0 Å². The van der Waals surface area contributed by atoms with Crippen LogP contribution in [0.5, 0.6) is 0 Å². The highest BCUT2D eigenvalue weighted by Gasteiger charge is 2.20. The van der Waals surface area contributed by atoms with E-state index in [2.05, 4.69) is 43.5 Å². The van der Waals surface area contributed by atoms with E-state index in [-0.39, 0.29) is 18.5 Å². The zero-order valence-electron chi connectivity index (χ0n) is 48.7. The monoisotopic (exact) mass is 1010 g/mol. The Bertz CT molecular complexity index is 1120. The third-order valence-corrected chi connectivity index (χ3v) is 15.3. The zero-order valence-corrected chi connectivity index (χ0v) is 48.7. The molecule has 0 aromatic carbocycles. The third-order valence-electron chi connectivity index (χ3n) is 15.3. The summed E-state index contributed by atoms with van der Waals surface area (Å²) in [6.07, 6.45) is 76.2.